The molecule has 3 N–H and O–H groups in total. The second-order valence-corrected chi connectivity index (χ2v) is 6.72. The molecule has 3 aromatic rings. The van der Waals surface area contributed by atoms with Crippen LogP contribution in [0.3, 0.4) is 0 Å². The van der Waals surface area contributed by atoms with E-state index in [1.807, 2.05) is 30.3 Å². The van der Waals surface area contributed by atoms with Crippen molar-refractivity contribution in [3.63, 3.8) is 0 Å². The maximum atomic E-state index is 12.0. The van der Waals surface area contributed by atoms with E-state index in [1.165, 1.54) is 0 Å². The number of hydrogen-bond acceptors (Lipinski definition) is 6. The van der Waals surface area contributed by atoms with Crippen LogP contribution >= 0.6 is 0 Å². The molecule has 8 heteroatoms. The molecule has 0 aliphatic carbocycles. The molecule has 1 fully saturated rings. The van der Waals surface area contributed by atoms with E-state index in [-0.39, 0.29) is 5.91 Å². The zero-order valence-electron chi connectivity index (χ0n) is 15.6. The Morgan fingerprint density at radius 3 is 2.71 bits per heavy atom. The van der Waals surface area contributed by atoms with Crippen molar-refractivity contribution in [2.75, 3.05) is 25.6 Å². The molecule has 1 aliphatic rings. The molecule has 0 bridgehead atoms. The minimum absolute atomic E-state index is 0.121. The summed E-state index contributed by atoms with van der Waals surface area (Å²) in [6.45, 7) is 1.24. The fourth-order valence-electron chi connectivity index (χ4n) is 3.41. The van der Waals surface area contributed by atoms with Gasteiger partial charge in [0.25, 0.3) is 5.91 Å². The van der Waals surface area contributed by atoms with E-state index in [0.717, 1.165) is 29.9 Å². The number of amides is 1. The fraction of sp³-hybridized carbons (Fsp3) is 0.300. The Morgan fingerprint density at radius 2 is 1.96 bits per heavy atom. The van der Waals surface area contributed by atoms with E-state index in [2.05, 4.69) is 25.8 Å². The van der Waals surface area contributed by atoms with Gasteiger partial charge in [0, 0.05) is 62.3 Å². The van der Waals surface area contributed by atoms with Crippen molar-refractivity contribution >= 4 is 11.6 Å². The molecule has 0 atom stereocenters. The first kappa shape index (κ1) is 18.1. The Hall–Kier alpha value is -3.26. The number of benzene rings is 1. The molecule has 0 spiro atoms. The van der Waals surface area contributed by atoms with E-state index in [4.69, 9.17) is 9.72 Å². The number of rotatable bonds is 5. The number of pyridine rings is 1. The Balaban J connectivity index is 1.66. The normalized spacial score (nSPS) is 15.8. The molecule has 3 heterocycles. The lowest BCUT2D eigenvalue weighted by atomic mass is 9.88. The Kier molecular flexibility index (Phi) is 5.03. The first-order valence-electron chi connectivity index (χ1n) is 9.21. The second kappa shape index (κ2) is 7.77. The van der Waals surface area contributed by atoms with Crippen LogP contribution < -0.4 is 10.6 Å². The quantitative estimate of drug-likeness (QED) is 0.629. The highest BCUT2D eigenvalue weighted by molar-refractivity contribution is 5.94. The van der Waals surface area contributed by atoms with Crippen molar-refractivity contribution < 1.29 is 9.53 Å². The van der Waals surface area contributed by atoms with Gasteiger partial charge in [-0.25, -0.2) is 4.98 Å². The van der Waals surface area contributed by atoms with Gasteiger partial charge in [-0.2, -0.15) is 5.10 Å². The summed E-state index contributed by atoms with van der Waals surface area (Å²) in [6.07, 6.45) is 4.92. The summed E-state index contributed by atoms with van der Waals surface area (Å²) in [6, 6.07) is 11.2. The van der Waals surface area contributed by atoms with Gasteiger partial charge >= 0.3 is 0 Å². The van der Waals surface area contributed by atoms with E-state index in [9.17, 15) is 4.79 Å². The number of aromatic nitrogens is 4. The minimum Gasteiger partial charge on any atom is -0.381 e. The Morgan fingerprint density at radius 1 is 1.18 bits per heavy atom. The summed E-state index contributed by atoms with van der Waals surface area (Å²) in [5.74, 6) is 1.27. The summed E-state index contributed by atoms with van der Waals surface area (Å²) < 4.78 is 5.58. The number of anilines is 1. The summed E-state index contributed by atoms with van der Waals surface area (Å²) in [4.78, 5) is 20.8. The first-order valence-corrected chi connectivity index (χ1v) is 9.21. The van der Waals surface area contributed by atoms with E-state index >= 15 is 0 Å². The Bertz CT molecular complexity index is 950. The highest BCUT2D eigenvalue weighted by atomic mass is 16.5. The molecule has 4 rings (SSSR count). The van der Waals surface area contributed by atoms with Crippen LogP contribution in [0.15, 0.2) is 48.8 Å². The molecular weight excluding hydrogens is 356 g/mol. The van der Waals surface area contributed by atoms with Crippen molar-refractivity contribution in [1.29, 1.82) is 0 Å². The lowest BCUT2D eigenvalue weighted by Crippen LogP contribution is -2.42. The lowest BCUT2D eigenvalue weighted by Gasteiger charge is -2.37. The van der Waals surface area contributed by atoms with Crippen molar-refractivity contribution in [1.82, 2.24) is 25.5 Å². The number of hydrogen-bond donors (Lipinski definition) is 3. The third-order valence-electron chi connectivity index (χ3n) is 4.96. The zero-order valence-corrected chi connectivity index (χ0v) is 15.6. The maximum absolute atomic E-state index is 12.0. The minimum atomic E-state index is -0.447. The topological polar surface area (TPSA) is 105 Å². The number of H-pyrrole nitrogens is 1. The van der Waals surface area contributed by atoms with Crippen LogP contribution in [0, 0.1) is 0 Å². The maximum Gasteiger partial charge on any atom is 0.251 e. The zero-order chi connectivity index (χ0) is 19.4. The second-order valence-electron chi connectivity index (χ2n) is 6.72. The van der Waals surface area contributed by atoms with Gasteiger partial charge in [-0.3, -0.25) is 14.9 Å². The highest BCUT2D eigenvalue weighted by Crippen LogP contribution is 2.35. The predicted molar refractivity (Wildman–Crippen MR) is 105 cm³/mol. The number of carbonyl (C=O) groups is 1. The number of aromatic amines is 1. The Labute approximate surface area is 162 Å². The number of nitrogens with zero attached hydrogens (tertiary/aromatic N) is 3. The molecule has 1 aromatic carbocycles. The average molecular weight is 378 g/mol. The van der Waals surface area contributed by atoms with Crippen LogP contribution in [0.4, 0.5) is 5.69 Å². The van der Waals surface area contributed by atoms with Gasteiger partial charge in [0.05, 0.1) is 0 Å². The molecule has 2 aromatic heterocycles. The van der Waals surface area contributed by atoms with E-state index in [1.54, 1.807) is 25.5 Å². The largest absolute Gasteiger partial charge is 0.381 e. The molecule has 1 amide bonds. The highest BCUT2D eigenvalue weighted by Gasteiger charge is 2.38. The van der Waals surface area contributed by atoms with Crippen LogP contribution in [0.25, 0.3) is 11.4 Å². The molecule has 8 nitrogen and oxygen atoms in total. The molecule has 28 heavy (non-hydrogen) atoms. The number of ether oxygens (including phenoxy) is 1. The monoisotopic (exact) mass is 378 g/mol. The van der Waals surface area contributed by atoms with Gasteiger partial charge in [0.15, 0.2) is 11.6 Å². The van der Waals surface area contributed by atoms with E-state index in [0.29, 0.717) is 24.6 Å². The van der Waals surface area contributed by atoms with Gasteiger partial charge in [-0.15, -0.1) is 0 Å². The van der Waals surface area contributed by atoms with Crippen molar-refractivity contribution in [2.45, 2.75) is 18.4 Å². The molecule has 0 unspecified atom stereocenters. The third kappa shape index (κ3) is 3.59. The van der Waals surface area contributed by atoms with Gasteiger partial charge < -0.3 is 15.4 Å². The van der Waals surface area contributed by atoms with Crippen LogP contribution in [-0.2, 0) is 10.3 Å². The molecule has 144 valence electrons. The summed E-state index contributed by atoms with van der Waals surface area (Å²) >= 11 is 0. The standard InChI is InChI=1S/C20H22N6O2/c1-21-18(27)15-3-2-4-16(13-15)24-20(7-11-28-12-8-20)19-23-17(25-26-19)14-5-9-22-10-6-14/h2-6,9-10,13,24H,7-8,11-12H2,1H3,(H,21,27)(H,23,25,26). The van der Waals surface area contributed by atoms with Crippen LogP contribution in [0.5, 0.6) is 0 Å². The van der Waals surface area contributed by atoms with Gasteiger partial charge in [0.2, 0.25) is 0 Å². The fourth-order valence-corrected chi connectivity index (χ4v) is 3.41. The number of nitrogens with one attached hydrogen (secondary N) is 3. The SMILES string of the molecule is CNC(=O)c1cccc(NC2(c3nc(-c4ccncc4)n[nH]3)CCOCC2)c1. The van der Waals surface area contributed by atoms with Crippen LogP contribution in [-0.4, -0.2) is 46.3 Å². The van der Waals surface area contributed by atoms with Gasteiger partial charge in [-0.1, -0.05) is 6.07 Å². The summed E-state index contributed by atoms with van der Waals surface area (Å²) in [5, 5.41) is 13.7. The van der Waals surface area contributed by atoms with Gasteiger partial charge in [0.1, 0.15) is 5.54 Å². The van der Waals surface area contributed by atoms with Gasteiger partial charge in [-0.05, 0) is 30.3 Å². The van der Waals surface area contributed by atoms with Crippen molar-refractivity contribution in [3.05, 3.63) is 60.2 Å². The smallest absolute Gasteiger partial charge is 0.251 e. The molecule has 1 aliphatic heterocycles. The van der Waals surface area contributed by atoms with Crippen LogP contribution in [0.2, 0.25) is 0 Å². The molecule has 0 radical (unpaired) electrons. The lowest BCUT2D eigenvalue weighted by molar-refractivity contribution is 0.0567. The molecule has 0 saturated carbocycles. The van der Waals surface area contributed by atoms with Crippen molar-refractivity contribution in [3.8, 4) is 11.4 Å². The van der Waals surface area contributed by atoms with Crippen LogP contribution in [0.1, 0.15) is 29.0 Å². The molecular formula is C20H22N6O2. The summed E-state index contributed by atoms with van der Waals surface area (Å²) in [5.41, 5.74) is 1.91. The van der Waals surface area contributed by atoms with Crippen molar-refractivity contribution in [2.24, 2.45) is 0 Å². The first-order chi connectivity index (χ1) is 13.7. The number of carbonyl (C=O) groups excluding carboxylic acids is 1. The predicted octanol–water partition coefficient (Wildman–Crippen LogP) is 2.34. The summed E-state index contributed by atoms with van der Waals surface area (Å²) in [7, 11) is 1.62. The third-order valence-corrected chi connectivity index (χ3v) is 4.96. The van der Waals surface area contributed by atoms with E-state index < -0.39 is 5.54 Å². The average Bonchev–Trinajstić information content (AvgIpc) is 3.26. The molecule has 1 saturated heterocycles.